The van der Waals surface area contributed by atoms with E-state index in [4.69, 9.17) is 5.11 Å². The predicted octanol–water partition coefficient (Wildman–Crippen LogP) is 0.288. The summed E-state index contributed by atoms with van der Waals surface area (Å²) < 4.78 is 0. The number of urea groups is 1. The third-order valence-corrected chi connectivity index (χ3v) is 4.58. The summed E-state index contributed by atoms with van der Waals surface area (Å²) in [6.45, 7) is 2.20. The number of carbonyl (C=O) groups is 4. The van der Waals surface area contributed by atoms with Gasteiger partial charge in [-0.2, -0.15) is 0 Å². The summed E-state index contributed by atoms with van der Waals surface area (Å²) in [5.41, 5.74) is -0.189. The van der Waals surface area contributed by atoms with Crippen LogP contribution < -0.4 is 10.6 Å². The summed E-state index contributed by atoms with van der Waals surface area (Å²) in [5.74, 6) is -2.10. The number of aliphatic carboxylic acids is 1. The van der Waals surface area contributed by atoms with Gasteiger partial charge in [-0.15, -0.1) is 0 Å². The molecule has 126 valence electrons. The lowest BCUT2D eigenvalue weighted by atomic mass is 9.91. The molecular weight excluding hydrogens is 314 g/mol. The first-order valence-electron chi connectivity index (χ1n) is 7.57. The van der Waals surface area contributed by atoms with Crippen molar-refractivity contribution in [3.63, 3.8) is 0 Å². The van der Waals surface area contributed by atoms with Crippen LogP contribution in [0.1, 0.15) is 29.3 Å². The lowest BCUT2D eigenvalue weighted by Crippen LogP contribution is -2.40. The first kappa shape index (κ1) is 16.0. The molecule has 2 atom stereocenters. The van der Waals surface area contributed by atoms with Gasteiger partial charge in [0.15, 0.2) is 0 Å². The van der Waals surface area contributed by atoms with Gasteiger partial charge < -0.3 is 15.3 Å². The van der Waals surface area contributed by atoms with E-state index in [1.54, 1.807) is 31.2 Å². The summed E-state index contributed by atoms with van der Waals surface area (Å²) in [5, 5.41) is 13.7. The van der Waals surface area contributed by atoms with Crippen molar-refractivity contribution < 1.29 is 24.3 Å². The lowest BCUT2D eigenvalue weighted by molar-refractivity contribution is -0.141. The number of carbonyl (C=O) groups excluding carboxylic acids is 3. The van der Waals surface area contributed by atoms with E-state index in [0.717, 1.165) is 0 Å². The molecule has 2 heterocycles. The third-order valence-electron chi connectivity index (χ3n) is 4.58. The molecule has 2 aliphatic heterocycles. The van der Waals surface area contributed by atoms with E-state index in [1.165, 1.54) is 4.90 Å². The molecule has 2 unspecified atom stereocenters. The maximum absolute atomic E-state index is 12.4. The van der Waals surface area contributed by atoms with Crippen molar-refractivity contribution in [3.8, 4) is 0 Å². The quantitative estimate of drug-likeness (QED) is 0.688. The zero-order chi connectivity index (χ0) is 17.5. The smallest absolute Gasteiger partial charge is 0.322 e. The molecule has 4 amide bonds. The minimum Gasteiger partial charge on any atom is -0.481 e. The van der Waals surface area contributed by atoms with Crippen molar-refractivity contribution in [1.82, 2.24) is 15.5 Å². The van der Waals surface area contributed by atoms with Crippen LogP contribution in [0.5, 0.6) is 0 Å². The van der Waals surface area contributed by atoms with Crippen LogP contribution in [0.2, 0.25) is 0 Å². The van der Waals surface area contributed by atoms with E-state index in [2.05, 4.69) is 10.6 Å². The molecular formula is C16H17N3O5. The van der Waals surface area contributed by atoms with Gasteiger partial charge in [-0.3, -0.25) is 19.7 Å². The minimum absolute atomic E-state index is 0.200. The monoisotopic (exact) mass is 331 g/mol. The number of likely N-dealkylation sites (tertiary alicyclic amines) is 1. The normalized spacial score (nSPS) is 26.2. The van der Waals surface area contributed by atoms with Crippen molar-refractivity contribution in [2.24, 2.45) is 5.92 Å². The number of imide groups is 1. The Bertz CT molecular complexity index is 730. The first-order chi connectivity index (χ1) is 11.3. The standard InChI is InChI=1S/C16H17N3O5/c1-16(14(23)17-15(24)18-16)11-4-2-9(3-5-11)12(20)19-7-6-10(8-19)13(21)22/h2-5,10H,6-8H2,1H3,(H,21,22)(H2,17,18,23,24). The Morgan fingerprint density at radius 1 is 1.25 bits per heavy atom. The maximum Gasteiger partial charge on any atom is 0.322 e. The molecule has 1 aromatic rings. The van der Waals surface area contributed by atoms with Gasteiger partial charge in [0.2, 0.25) is 0 Å². The van der Waals surface area contributed by atoms with Gasteiger partial charge >= 0.3 is 12.0 Å². The summed E-state index contributed by atoms with van der Waals surface area (Å²) >= 11 is 0. The second-order valence-electron chi connectivity index (χ2n) is 6.19. The molecule has 0 bridgehead atoms. The van der Waals surface area contributed by atoms with Crippen molar-refractivity contribution in [1.29, 1.82) is 0 Å². The number of nitrogens with zero attached hydrogens (tertiary/aromatic N) is 1. The summed E-state index contributed by atoms with van der Waals surface area (Å²) in [6, 6.07) is 5.83. The number of amides is 4. The number of nitrogens with one attached hydrogen (secondary N) is 2. The lowest BCUT2D eigenvalue weighted by Gasteiger charge is -2.22. The Labute approximate surface area is 137 Å². The zero-order valence-corrected chi connectivity index (χ0v) is 13.0. The summed E-state index contributed by atoms with van der Waals surface area (Å²) in [7, 11) is 0. The van der Waals surface area contributed by atoms with Crippen molar-refractivity contribution in [2.75, 3.05) is 13.1 Å². The Morgan fingerprint density at radius 2 is 1.92 bits per heavy atom. The highest BCUT2D eigenvalue weighted by atomic mass is 16.4. The highest BCUT2D eigenvalue weighted by Gasteiger charge is 2.43. The van der Waals surface area contributed by atoms with Gasteiger partial charge in [0, 0.05) is 18.7 Å². The minimum atomic E-state index is -1.17. The SMILES string of the molecule is CC1(c2ccc(C(=O)N3CCC(C(=O)O)C3)cc2)NC(=O)NC1=O. The molecule has 3 rings (SSSR count). The molecule has 3 N–H and O–H groups in total. The fourth-order valence-corrected chi connectivity index (χ4v) is 3.02. The van der Waals surface area contributed by atoms with Crippen LogP contribution >= 0.6 is 0 Å². The van der Waals surface area contributed by atoms with E-state index in [9.17, 15) is 19.2 Å². The van der Waals surface area contributed by atoms with Gasteiger partial charge in [0.25, 0.3) is 11.8 Å². The maximum atomic E-state index is 12.4. The second kappa shape index (κ2) is 5.63. The van der Waals surface area contributed by atoms with E-state index >= 15 is 0 Å². The fourth-order valence-electron chi connectivity index (χ4n) is 3.02. The average Bonchev–Trinajstić information content (AvgIpc) is 3.13. The topological polar surface area (TPSA) is 116 Å². The van der Waals surface area contributed by atoms with Crippen molar-refractivity contribution in [2.45, 2.75) is 18.9 Å². The van der Waals surface area contributed by atoms with Crippen LogP contribution in [0.4, 0.5) is 4.79 Å². The van der Waals surface area contributed by atoms with E-state index < -0.39 is 29.4 Å². The van der Waals surface area contributed by atoms with Crippen molar-refractivity contribution in [3.05, 3.63) is 35.4 Å². The molecule has 0 spiro atoms. The molecule has 0 saturated carbocycles. The van der Waals surface area contributed by atoms with Gasteiger partial charge in [-0.25, -0.2) is 4.79 Å². The van der Waals surface area contributed by atoms with Gasteiger partial charge in [-0.05, 0) is 31.0 Å². The Balaban J connectivity index is 1.75. The van der Waals surface area contributed by atoms with E-state index in [0.29, 0.717) is 24.1 Å². The van der Waals surface area contributed by atoms with Crippen LogP contribution in [-0.2, 0) is 15.1 Å². The molecule has 8 nitrogen and oxygen atoms in total. The van der Waals surface area contributed by atoms with E-state index in [1.807, 2.05) is 0 Å². The molecule has 8 heteroatoms. The second-order valence-corrected chi connectivity index (χ2v) is 6.19. The zero-order valence-electron chi connectivity index (χ0n) is 13.0. The van der Waals surface area contributed by atoms with E-state index in [-0.39, 0.29) is 12.5 Å². The molecule has 24 heavy (non-hydrogen) atoms. The number of hydrogen-bond acceptors (Lipinski definition) is 4. The fraction of sp³-hybridized carbons (Fsp3) is 0.375. The van der Waals surface area contributed by atoms with Crippen LogP contribution in [0, 0.1) is 5.92 Å². The molecule has 2 aliphatic rings. The number of rotatable bonds is 3. The number of carboxylic acid groups (broad SMARTS) is 1. The molecule has 0 aromatic heterocycles. The largest absolute Gasteiger partial charge is 0.481 e. The highest BCUT2D eigenvalue weighted by molar-refractivity contribution is 6.07. The Kier molecular flexibility index (Phi) is 3.75. The summed E-state index contributed by atoms with van der Waals surface area (Å²) in [4.78, 5) is 48.2. The summed E-state index contributed by atoms with van der Waals surface area (Å²) in [6.07, 6.45) is 0.448. The molecule has 2 saturated heterocycles. The van der Waals surface area contributed by atoms with Crippen LogP contribution in [0.15, 0.2) is 24.3 Å². The average molecular weight is 331 g/mol. The predicted molar refractivity (Wildman–Crippen MR) is 82.1 cm³/mol. The molecule has 0 radical (unpaired) electrons. The third kappa shape index (κ3) is 2.60. The van der Waals surface area contributed by atoms with Gasteiger partial charge in [0.05, 0.1) is 5.92 Å². The van der Waals surface area contributed by atoms with Crippen molar-refractivity contribution >= 4 is 23.8 Å². The number of benzene rings is 1. The van der Waals surface area contributed by atoms with Gasteiger partial charge in [-0.1, -0.05) is 12.1 Å². The first-order valence-corrected chi connectivity index (χ1v) is 7.57. The van der Waals surface area contributed by atoms with Crippen LogP contribution in [0.3, 0.4) is 0 Å². The van der Waals surface area contributed by atoms with Crippen LogP contribution in [0.25, 0.3) is 0 Å². The number of carboxylic acids is 1. The molecule has 2 fully saturated rings. The van der Waals surface area contributed by atoms with Gasteiger partial charge in [0.1, 0.15) is 5.54 Å². The Morgan fingerprint density at radius 3 is 2.42 bits per heavy atom. The number of hydrogen-bond donors (Lipinski definition) is 3. The molecule has 0 aliphatic carbocycles. The molecule has 1 aromatic carbocycles. The Hall–Kier alpha value is -2.90. The highest BCUT2D eigenvalue weighted by Crippen LogP contribution is 2.25. The van der Waals surface area contributed by atoms with Crippen LogP contribution in [-0.4, -0.2) is 46.9 Å².